The molecule has 0 unspecified atom stereocenters. The highest BCUT2D eigenvalue weighted by molar-refractivity contribution is 7.89. The quantitative estimate of drug-likeness (QED) is 0.396. The molecule has 1 atom stereocenters. The van der Waals surface area contributed by atoms with Gasteiger partial charge in [0.25, 0.3) is 5.69 Å². The fourth-order valence-corrected chi connectivity index (χ4v) is 4.83. The number of para-hydroxylation sites is 1. The van der Waals surface area contributed by atoms with Gasteiger partial charge < -0.3 is 20.1 Å². The molecule has 1 heterocycles. The third kappa shape index (κ3) is 5.33. The number of hydrogen-bond donors (Lipinski definition) is 3. The first-order valence-electron chi connectivity index (χ1n) is 9.85. The molecule has 1 fully saturated rings. The van der Waals surface area contributed by atoms with Gasteiger partial charge in [-0.05, 0) is 36.2 Å². The molecule has 1 saturated heterocycles. The number of carboxylic acid groups (broad SMARTS) is 1. The van der Waals surface area contributed by atoms with Crippen molar-refractivity contribution in [3.63, 3.8) is 0 Å². The molecule has 1 aliphatic heterocycles. The number of carbonyl (C=O) groups is 1. The fraction of sp³-hybridized carbons (Fsp3) is 0.350. The Hall–Kier alpha value is -3.22. The number of ether oxygens (including phenoxy) is 1. The van der Waals surface area contributed by atoms with Gasteiger partial charge in [-0.3, -0.25) is 10.1 Å². The number of nitrogens with one attached hydrogen (secondary N) is 2. The van der Waals surface area contributed by atoms with Crippen LogP contribution in [0.25, 0.3) is 11.1 Å². The number of nitrogens with zero attached hydrogens (tertiary/aromatic N) is 2. The standard InChI is InChI=1S/C20H24N4O7S/c1-31-16-5-2-4-14(12-16)17-6-3-7-18(19(17)24(27)28)32(29,30)22-9-8-15-13-23(20(25)26)11-10-21-15/h2-7,12,15,21-22H,8-11,13H2,1H3,(H,25,26)/t15-/m1/s1. The third-order valence-electron chi connectivity index (χ3n) is 5.16. The average molecular weight is 465 g/mol. The van der Waals surface area contributed by atoms with Gasteiger partial charge in [0.05, 0.1) is 17.6 Å². The van der Waals surface area contributed by atoms with E-state index in [0.29, 0.717) is 30.8 Å². The van der Waals surface area contributed by atoms with Gasteiger partial charge in [0.2, 0.25) is 10.0 Å². The summed E-state index contributed by atoms with van der Waals surface area (Å²) in [5.74, 6) is 0.485. The Labute approximate surface area is 185 Å². The van der Waals surface area contributed by atoms with E-state index in [4.69, 9.17) is 9.84 Å². The molecule has 2 aromatic carbocycles. The Balaban J connectivity index is 1.81. The van der Waals surface area contributed by atoms with Crippen LogP contribution in [0.3, 0.4) is 0 Å². The van der Waals surface area contributed by atoms with Crippen LogP contribution in [0.1, 0.15) is 6.42 Å². The number of nitro groups is 1. The topological polar surface area (TPSA) is 151 Å². The van der Waals surface area contributed by atoms with Gasteiger partial charge in [0.15, 0.2) is 4.90 Å². The molecule has 12 heteroatoms. The molecule has 3 rings (SSSR count). The summed E-state index contributed by atoms with van der Waals surface area (Å²) < 4.78 is 33.4. The summed E-state index contributed by atoms with van der Waals surface area (Å²) in [5, 5.41) is 24.1. The lowest BCUT2D eigenvalue weighted by Crippen LogP contribution is -2.53. The smallest absolute Gasteiger partial charge is 0.407 e. The second-order valence-electron chi connectivity index (χ2n) is 7.21. The van der Waals surface area contributed by atoms with Crippen LogP contribution < -0.4 is 14.8 Å². The van der Waals surface area contributed by atoms with Crippen molar-refractivity contribution in [2.45, 2.75) is 17.4 Å². The zero-order chi connectivity index (χ0) is 23.3. The molecule has 0 aliphatic carbocycles. The number of rotatable bonds is 8. The molecule has 2 aromatic rings. The van der Waals surface area contributed by atoms with E-state index in [0.717, 1.165) is 0 Å². The minimum atomic E-state index is -4.19. The number of amides is 1. The van der Waals surface area contributed by atoms with Crippen molar-refractivity contribution in [1.82, 2.24) is 14.9 Å². The number of benzene rings is 2. The van der Waals surface area contributed by atoms with Crippen LogP contribution >= 0.6 is 0 Å². The molecular weight excluding hydrogens is 440 g/mol. The van der Waals surface area contributed by atoms with E-state index in [1.54, 1.807) is 24.3 Å². The lowest BCUT2D eigenvalue weighted by atomic mass is 10.0. The lowest BCUT2D eigenvalue weighted by molar-refractivity contribution is -0.387. The molecule has 0 aromatic heterocycles. The van der Waals surface area contributed by atoms with Crippen molar-refractivity contribution in [3.05, 3.63) is 52.6 Å². The number of sulfonamides is 1. The van der Waals surface area contributed by atoms with Gasteiger partial charge in [0, 0.05) is 32.2 Å². The maximum atomic E-state index is 12.9. The molecule has 3 N–H and O–H groups in total. The fourth-order valence-electron chi connectivity index (χ4n) is 3.59. The van der Waals surface area contributed by atoms with Gasteiger partial charge in [-0.25, -0.2) is 17.9 Å². The van der Waals surface area contributed by atoms with Gasteiger partial charge in [0.1, 0.15) is 5.75 Å². The van der Waals surface area contributed by atoms with Crippen LogP contribution in [0.4, 0.5) is 10.5 Å². The summed E-state index contributed by atoms with van der Waals surface area (Å²) in [6.07, 6.45) is -0.700. The predicted molar refractivity (Wildman–Crippen MR) is 116 cm³/mol. The first-order chi connectivity index (χ1) is 15.2. The van der Waals surface area contributed by atoms with E-state index in [9.17, 15) is 23.3 Å². The van der Waals surface area contributed by atoms with Crippen LogP contribution in [0.5, 0.6) is 5.75 Å². The molecule has 0 saturated carbocycles. The first kappa shape index (κ1) is 23.4. The Kier molecular flexibility index (Phi) is 7.28. The monoisotopic (exact) mass is 464 g/mol. The molecule has 32 heavy (non-hydrogen) atoms. The van der Waals surface area contributed by atoms with Crippen LogP contribution in [-0.4, -0.2) is 68.8 Å². The molecule has 0 bridgehead atoms. The van der Waals surface area contributed by atoms with E-state index in [1.165, 1.54) is 30.2 Å². The van der Waals surface area contributed by atoms with E-state index in [2.05, 4.69) is 10.0 Å². The van der Waals surface area contributed by atoms with Gasteiger partial charge in [-0.2, -0.15) is 0 Å². The number of nitro benzene ring substituents is 1. The SMILES string of the molecule is COc1cccc(-c2cccc(S(=O)(=O)NCC[C@@H]3CN(C(=O)O)CCN3)c2[N+](=O)[O-])c1. The highest BCUT2D eigenvalue weighted by Gasteiger charge is 2.30. The van der Waals surface area contributed by atoms with Crippen molar-refractivity contribution in [3.8, 4) is 16.9 Å². The van der Waals surface area contributed by atoms with Crippen molar-refractivity contribution in [2.24, 2.45) is 0 Å². The number of piperazine rings is 1. The maximum Gasteiger partial charge on any atom is 0.407 e. The van der Waals surface area contributed by atoms with E-state index in [-0.39, 0.29) is 24.7 Å². The second-order valence-corrected chi connectivity index (χ2v) is 8.94. The first-order valence-corrected chi connectivity index (χ1v) is 11.3. The Morgan fingerprint density at radius 3 is 2.78 bits per heavy atom. The molecule has 172 valence electrons. The molecule has 1 aliphatic rings. The van der Waals surface area contributed by atoms with E-state index in [1.807, 2.05) is 0 Å². The number of methoxy groups -OCH3 is 1. The zero-order valence-electron chi connectivity index (χ0n) is 17.4. The molecular formula is C20H24N4O7S. The van der Waals surface area contributed by atoms with Crippen LogP contribution in [0.2, 0.25) is 0 Å². The van der Waals surface area contributed by atoms with Crippen molar-refractivity contribution in [1.29, 1.82) is 0 Å². The van der Waals surface area contributed by atoms with Crippen LogP contribution in [0, 0.1) is 10.1 Å². The van der Waals surface area contributed by atoms with E-state index < -0.39 is 31.6 Å². The summed E-state index contributed by atoms with van der Waals surface area (Å²) in [6, 6.07) is 10.5. The minimum absolute atomic E-state index is 0.00595. The highest BCUT2D eigenvalue weighted by Crippen LogP contribution is 2.36. The van der Waals surface area contributed by atoms with E-state index >= 15 is 0 Å². The minimum Gasteiger partial charge on any atom is -0.497 e. The summed E-state index contributed by atoms with van der Waals surface area (Å²) in [4.78, 5) is 23.1. The van der Waals surface area contributed by atoms with Gasteiger partial charge >= 0.3 is 6.09 Å². The van der Waals surface area contributed by atoms with Gasteiger partial charge in [-0.1, -0.05) is 18.2 Å². The molecule has 1 amide bonds. The number of hydrogen-bond acceptors (Lipinski definition) is 7. The second kappa shape index (κ2) is 9.94. The molecule has 0 spiro atoms. The summed E-state index contributed by atoms with van der Waals surface area (Å²) in [6.45, 7) is 1.06. The summed E-state index contributed by atoms with van der Waals surface area (Å²) in [5.41, 5.74) is 0.0807. The Morgan fingerprint density at radius 1 is 1.34 bits per heavy atom. The summed E-state index contributed by atoms with van der Waals surface area (Å²) >= 11 is 0. The summed E-state index contributed by atoms with van der Waals surface area (Å²) in [7, 11) is -2.73. The average Bonchev–Trinajstić information content (AvgIpc) is 2.78. The zero-order valence-corrected chi connectivity index (χ0v) is 18.2. The third-order valence-corrected chi connectivity index (χ3v) is 6.66. The van der Waals surface area contributed by atoms with Crippen LogP contribution in [0.15, 0.2) is 47.4 Å². The predicted octanol–water partition coefficient (Wildman–Crippen LogP) is 1.89. The van der Waals surface area contributed by atoms with Crippen molar-refractivity contribution in [2.75, 3.05) is 33.3 Å². The lowest BCUT2D eigenvalue weighted by Gasteiger charge is -2.31. The largest absolute Gasteiger partial charge is 0.497 e. The normalized spacial score (nSPS) is 16.5. The van der Waals surface area contributed by atoms with Crippen molar-refractivity contribution >= 4 is 21.8 Å². The highest BCUT2D eigenvalue weighted by atomic mass is 32.2. The Bertz CT molecular complexity index is 1110. The van der Waals surface area contributed by atoms with Crippen molar-refractivity contribution < 1.29 is 28.0 Å². The molecule has 0 radical (unpaired) electrons. The maximum absolute atomic E-state index is 12.9. The Morgan fingerprint density at radius 2 is 2.09 bits per heavy atom. The molecule has 11 nitrogen and oxygen atoms in total. The van der Waals surface area contributed by atoms with Crippen LogP contribution in [-0.2, 0) is 10.0 Å². The van der Waals surface area contributed by atoms with Gasteiger partial charge in [-0.15, -0.1) is 0 Å².